The van der Waals surface area contributed by atoms with Gasteiger partial charge in [-0.1, -0.05) is 120 Å². The first-order valence-corrected chi connectivity index (χ1v) is 20.7. The number of phosphoric ester groups is 1. The third-order valence-electron chi connectivity index (χ3n) is 7.64. The summed E-state index contributed by atoms with van der Waals surface area (Å²) in [5, 5.41) is 18.3. The summed E-state index contributed by atoms with van der Waals surface area (Å²) in [7, 11) is -4.63. The number of allylic oxidation sites excluding steroid dienone is 10. The Bertz CT molecular complexity index is 1040. The third-order valence-corrected chi connectivity index (χ3v) is 8.60. The molecule has 3 N–H and O–H groups in total. The first-order chi connectivity index (χ1) is 24.7. The van der Waals surface area contributed by atoms with Crippen LogP contribution in [0.1, 0.15) is 142 Å². The number of carbonyl (C=O) groups excluding carboxylic acids is 2. The Labute approximate surface area is 308 Å². The normalized spacial score (nSPS) is 14.7. The topological polar surface area (TPSA) is 149 Å². The van der Waals surface area contributed by atoms with Crippen LogP contribution < -0.4 is 0 Å². The minimum absolute atomic E-state index is 0.159. The van der Waals surface area contributed by atoms with Crippen LogP contribution in [0.15, 0.2) is 60.8 Å². The van der Waals surface area contributed by atoms with Crippen LogP contribution >= 0.6 is 7.82 Å². The Kier molecular flexibility index (Phi) is 34.4. The SMILES string of the molecule is CCCC/C=C/CCCCCCCC(=O)O[C@@H](COC(=O)CCC/C=C/C/C=C/C/C=C/C/C=C/CCCCC)COP(=O)(O)OC[C@H](O)CO. The molecule has 0 saturated heterocycles. The lowest BCUT2D eigenvalue weighted by Crippen LogP contribution is -2.29. The van der Waals surface area contributed by atoms with Crippen molar-refractivity contribution < 1.29 is 47.8 Å². The molecule has 1 unspecified atom stereocenters. The molecule has 3 atom stereocenters. The molecule has 0 radical (unpaired) electrons. The Morgan fingerprint density at radius 2 is 1.06 bits per heavy atom. The molecule has 0 spiro atoms. The second-order valence-electron chi connectivity index (χ2n) is 12.6. The van der Waals surface area contributed by atoms with Crippen molar-refractivity contribution in [3.63, 3.8) is 0 Å². The van der Waals surface area contributed by atoms with Gasteiger partial charge >= 0.3 is 19.8 Å². The van der Waals surface area contributed by atoms with Gasteiger partial charge in [0.15, 0.2) is 6.10 Å². The summed E-state index contributed by atoms with van der Waals surface area (Å²) in [6.45, 7) is 2.21. The van der Waals surface area contributed by atoms with Crippen molar-refractivity contribution >= 4 is 19.8 Å². The van der Waals surface area contributed by atoms with Crippen LogP contribution in [0.25, 0.3) is 0 Å². The van der Waals surface area contributed by atoms with Gasteiger partial charge in [-0.25, -0.2) is 4.57 Å². The van der Waals surface area contributed by atoms with Gasteiger partial charge in [-0.15, -0.1) is 0 Å². The van der Waals surface area contributed by atoms with E-state index >= 15 is 0 Å². The Balaban J connectivity index is 4.47. The molecule has 0 saturated carbocycles. The molecule has 0 aliphatic heterocycles. The second-order valence-corrected chi connectivity index (χ2v) is 14.0. The van der Waals surface area contributed by atoms with Crippen molar-refractivity contribution in [2.45, 2.75) is 154 Å². The molecule has 0 aliphatic carbocycles. The molecular formula is C40H69O10P. The van der Waals surface area contributed by atoms with Crippen LogP contribution in [0, 0.1) is 0 Å². The van der Waals surface area contributed by atoms with E-state index in [-0.39, 0.29) is 19.4 Å². The summed E-state index contributed by atoms with van der Waals surface area (Å²) < 4.78 is 32.5. The van der Waals surface area contributed by atoms with Crippen molar-refractivity contribution in [3.8, 4) is 0 Å². The monoisotopic (exact) mass is 740 g/mol. The van der Waals surface area contributed by atoms with Gasteiger partial charge in [0.05, 0.1) is 19.8 Å². The zero-order valence-corrected chi connectivity index (χ0v) is 32.4. The third kappa shape index (κ3) is 35.8. The van der Waals surface area contributed by atoms with Gasteiger partial charge in [0.1, 0.15) is 12.7 Å². The summed E-state index contributed by atoms with van der Waals surface area (Å²) in [6.07, 6.45) is 37.7. The Morgan fingerprint density at radius 3 is 1.67 bits per heavy atom. The molecule has 0 fully saturated rings. The van der Waals surface area contributed by atoms with E-state index in [1.54, 1.807) is 0 Å². The number of esters is 2. The first-order valence-electron chi connectivity index (χ1n) is 19.2. The highest BCUT2D eigenvalue weighted by Crippen LogP contribution is 2.43. The fourth-order valence-electron chi connectivity index (χ4n) is 4.61. The molecule has 0 aromatic heterocycles. The quantitative estimate of drug-likeness (QED) is 0.0248. The molecule has 0 heterocycles. The Morgan fingerprint density at radius 1 is 0.588 bits per heavy atom. The number of ether oxygens (including phenoxy) is 2. The summed E-state index contributed by atoms with van der Waals surface area (Å²) in [6, 6.07) is 0. The number of phosphoric acid groups is 1. The van der Waals surface area contributed by atoms with E-state index in [1.165, 1.54) is 32.1 Å². The van der Waals surface area contributed by atoms with Crippen LogP contribution in [-0.2, 0) is 32.7 Å². The van der Waals surface area contributed by atoms with E-state index < -0.39 is 51.8 Å². The van der Waals surface area contributed by atoms with Gasteiger partial charge < -0.3 is 24.6 Å². The molecule has 0 amide bonds. The summed E-state index contributed by atoms with van der Waals surface area (Å²) in [5.41, 5.74) is 0. The minimum Gasteiger partial charge on any atom is -0.462 e. The van der Waals surface area contributed by atoms with E-state index in [0.29, 0.717) is 19.3 Å². The number of unbranched alkanes of at least 4 members (excludes halogenated alkanes) is 11. The molecule has 51 heavy (non-hydrogen) atoms. The highest BCUT2D eigenvalue weighted by atomic mass is 31.2. The van der Waals surface area contributed by atoms with Gasteiger partial charge in [0, 0.05) is 12.8 Å². The van der Waals surface area contributed by atoms with Crippen LogP contribution in [0.3, 0.4) is 0 Å². The van der Waals surface area contributed by atoms with E-state index in [1.807, 2.05) is 6.08 Å². The van der Waals surface area contributed by atoms with Crippen molar-refractivity contribution in [1.29, 1.82) is 0 Å². The smallest absolute Gasteiger partial charge is 0.462 e. The van der Waals surface area contributed by atoms with Crippen molar-refractivity contribution in [2.75, 3.05) is 26.4 Å². The fourth-order valence-corrected chi connectivity index (χ4v) is 5.40. The largest absolute Gasteiger partial charge is 0.472 e. The van der Waals surface area contributed by atoms with Gasteiger partial charge in [0.25, 0.3) is 0 Å². The molecule has 10 nitrogen and oxygen atoms in total. The van der Waals surface area contributed by atoms with Crippen LogP contribution in [-0.4, -0.2) is 65.7 Å². The number of aliphatic hydroxyl groups is 2. The average Bonchev–Trinajstić information content (AvgIpc) is 3.12. The number of hydrogen-bond donors (Lipinski definition) is 3. The van der Waals surface area contributed by atoms with Gasteiger partial charge in [-0.05, 0) is 70.6 Å². The number of aliphatic hydroxyl groups excluding tert-OH is 2. The maximum atomic E-state index is 12.5. The summed E-state index contributed by atoms with van der Waals surface area (Å²) in [5.74, 6) is -1.01. The average molecular weight is 741 g/mol. The lowest BCUT2D eigenvalue weighted by atomic mass is 10.1. The zero-order chi connectivity index (χ0) is 37.7. The van der Waals surface area contributed by atoms with Gasteiger partial charge in [-0.2, -0.15) is 0 Å². The van der Waals surface area contributed by atoms with E-state index in [9.17, 15) is 24.2 Å². The van der Waals surface area contributed by atoms with Crippen molar-refractivity contribution in [3.05, 3.63) is 60.8 Å². The molecule has 294 valence electrons. The van der Waals surface area contributed by atoms with E-state index in [0.717, 1.165) is 64.2 Å². The predicted molar refractivity (Wildman–Crippen MR) is 205 cm³/mol. The van der Waals surface area contributed by atoms with Gasteiger partial charge in [0.2, 0.25) is 0 Å². The fraction of sp³-hybridized carbons (Fsp3) is 0.700. The molecular weight excluding hydrogens is 671 g/mol. The summed E-state index contributed by atoms with van der Waals surface area (Å²) in [4.78, 5) is 34.8. The molecule has 11 heteroatoms. The number of carbonyl (C=O) groups is 2. The first kappa shape index (κ1) is 48.7. The molecule has 0 rings (SSSR count). The maximum absolute atomic E-state index is 12.5. The highest BCUT2D eigenvalue weighted by molar-refractivity contribution is 7.47. The molecule has 0 aromatic rings. The molecule has 0 aromatic carbocycles. The minimum atomic E-state index is -4.63. The molecule has 0 bridgehead atoms. The van der Waals surface area contributed by atoms with Crippen LogP contribution in [0.4, 0.5) is 0 Å². The zero-order valence-electron chi connectivity index (χ0n) is 31.5. The number of hydrogen-bond acceptors (Lipinski definition) is 9. The lowest BCUT2D eigenvalue weighted by molar-refractivity contribution is -0.161. The van der Waals surface area contributed by atoms with E-state index in [4.69, 9.17) is 19.1 Å². The van der Waals surface area contributed by atoms with E-state index in [2.05, 4.69) is 73.1 Å². The molecule has 0 aliphatic rings. The van der Waals surface area contributed by atoms with Crippen LogP contribution in [0.2, 0.25) is 0 Å². The highest BCUT2D eigenvalue weighted by Gasteiger charge is 2.27. The van der Waals surface area contributed by atoms with Crippen molar-refractivity contribution in [1.82, 2.24) is 0 Å². The predicted octanol–water partition coefficient (Wildman–Crippen LogP) is 9.55. The lowest BCUT2D eigenvalue weighted by Gasteiger charge is -2.20. The van der Waals surface area contributed by atoms with Crippen LogP contribution in [0.5, 0.6) is 0 Å². The van der Waals surface area contributed by atoms with Gasteiger partial charge in [-0.3, -0.25) is 18.6 Å². The second kappa shape index (κ2) is 36.0. The maximum Gasteiger partial charge on any atom is 0.472 e. The summed E-state index contributed by atoms with van der Waals surface area (Å²) >= 11 is 0. The van der Waals surface area contributed by atoms with Crippen molar-refractivity contribution in [2.24, 2.45) is 0 Å². The number of rotatable bonds is 35. The standard InChI is InChI=1S/C40H69O10P/c1-3-5-7-9-11-13-15-16-17-18-19-20-22-23-25-27-29-31-39(43)47-35-38(36-49-51(45,46)48-34-37(42)33-41)50-40(44)32-30-28-26-24-21-14-12-10-8-6-4-2/h10-13,16-17,19-20,23,25,37-38,41-42H,3-9,14-15,18,21-22,24,26-36H2,1-2H3,(H,45,46)/b12-10+,13-11+,17-16+,20-19+,25-23+/t37-,38+/m1/s1. The Hall–Kier alpha value is -2.33.